The summed E-state index contributed by atoms with van der Waals surface area (Å²) in [6.07, 6.45) is -3.84. The summed E-state index contributed by atoms with van der Waals surface area (Å²) in [5.74, 6) is 4.67. The van der Waals surface area contributed by atoms with Gasteiger partial charge in [-0.1, -0.05) is 18.2 Å². The van der Waals surface area contributed by atoms with Crippen LogP contribution in [-0.4, -0.2) is 15.9 Å². The minimum Gasteiger partial charge on any atom is -0.403 e. The van der Waals surface area contributed by atoms with Crippen molar-refractivity contribution in [3.63, 3.8) is 0 Å². The van der Waals surface area contributed by atoms with Crippen LogP contribution in [0.4, 0.5) is 27.6 Å². The molecule has 0 radical (unpaired) electrons. The number of rotatable bonds is 8. The first-order valence-corrected chi connectivity index (χ1v) is 12.4. The number of halogens is 5. The van der Waals surface area contributed by atoms with E-state index in [1.165, 1.54) is 19.2 Å². The minimum atomic E-state index is -5.08. The van der Waals surface area contributed by atoms with E-state index in [-0.39, 0.29) is 17.0 Å². The second kappa shape index (κ2) is 11.4. The third-order valence-electron chi connectivity index (χ3n) is 5.94. The molecule has 40 heavy (non-hydrogen) atoms. The Kier molecular flexibility index (Phi) is 8.16. The van der Waals surface area contributed by atoms with Gasteiger partial charge in [0, 0.05) is 34.3 Å². The van der Waals surface area contributed by atoms with Crippen molar-refractivity contribution in [2.75, 3.05) is 5.01 Å². The van der Waals surface area contributed by atoms with Gasteiger partial charge in [-0.15, -0.1) is 13.2 Å². The van der Waals surface area contributed by atoms with Gasteiger partial charge in [-0.3, -0.25) is 5.01 Å². The maximum Gasteiger partial charge on any atom is 0.573 e. The first kappa shape index (κ1) is 28.6. The van der Waals surface area contributed by atoms with Gasteiger partial charge >= 0.3 is 18.0 Å². The van der Waals surface area contributed by atoms with E-state index in [1.807, 2.05) is 0 Å². The summed E-state index contributed by atoms with van der Waals surface area (Å²) in [4.78, 5) is 4.75. The summed E-state index contributed by atoms with van der Waals surface area (Å²) in [6, 6.07) is 14.8. The van der Waals surface area contributed by atoms with Crippen LogP contribution in [0.25, 0.3) is 22.5 Å². The number of aromatic nitrogens is 2. The van der Waals surface area contributed by atoms with Crippen molar-refractivity contribution < 1.29 is 30.9 Å². The van der Waals surface area contributed by atoms with Crippen molar-refractivity contribution in [2.24, 2.45) is 11.6 Å². The van der Waals surface area contributed by atoms with Crippen molar-refractivity contribution in [2.45, 2.75) is 31.3 Å². The van der Waals surface area contributed by atoms with Gasteiger partial charge in [0.25, 0.3) is 4.90 Å². The molecule has 0 saturated carbocycles. The van der Waals surface area contributed by atoms with Crippen LogP contribution in [0.15, 0.2) is 78.0 Å². The Morgan fingerprint density at radius 2 is 1.85 bits per heavy atom. The quantitative estimate of drug-likeness (QED) is 0.110. The lowest BCUT2D eigenvalue weighted by atomic mass is 10.0. The fraction of sp³-hybridized carbons (Fsp3) is 0.148. The van der Waals surface area contributed by atoms with Gasteiger partial charge in [0.05, 0.1) is 22.8 Å². The fourth-order valence-electron chi connectivity index (χ4n) is 4.07. The minimum absolute atomic E-state index is 0.0385. The van der Waals surface area contributed by atoms with E-state index in [0.717, 1.165) is 23.3 Å². The van der Waals surface area contributed by atoms with Crippen molar-refractivity contribution >= 4 is 23.1 Å². The molecule has 0 amide bonds. The molecule has 1 heterocycles. The smallest absolute Gasteiger partial charge is 0.403 e. The number of ether oxygens (including phenoxy) is 1. The van der Waals surface area contributed by atoms with E-state index in [2.05, 4.69) is 9.72 Å². The van der Waals surface area contributed by atoms with Crippen molar-refractivity contribution in [1.82, 2.24) is 9.55 Å². The third-order valence-corrected chi connectivity index (χ3v) is 6.38. The zero-order chi connectivity index (χ0) is 29.2. The van der Waals surface area contributed by atoms with E-state index in [0.29, 0.717) is 44.9 Å². The number of alkyl halides is 4. The molecule has 1 atom stereocenters. The summed E-state index contributed by atoms with van der Waals surface area (Å²) >= 11 is 0.332. The number of benzene rings is 3. The Labute approximate surface area is 229 Å². The van der Waals surface area contributed by atoms with Gasteiger partial charge in [0.1, 0.15) is 12.0 Å². The van der Waals surface area contributed by atoms with Gasteiger partial charge in [0.2, 0.25) is 0 Å². The standard InChI is InChI=1S/C27H23F5N5O2S/c1-15(28)22-14-36(16(2)35-22)23-8-6-18(17-4-3-5-20(10-17)40-38)12-24(23)37(34)25(13-33)19-7-9-26(21(29)11-19)39-27(30,31)32/h3-15H,33-34H2,1-2H3/q+1/b25-13-. The van der Waals surface area contributed by atoms with Crippen LogP contribution in [0.1, 0.15) is 30.2 Å². The molecule has 0 aliphatic heterocycles. The maximum atomic E-state index is 14.5. The molecule has 7 nitrogen and oxygen atoms in total. The highest BCUT2D eigenvalue weighted by atomic mass is 32.1. The molecule has 3 aromatic carbocycles. The van der Waals surface area contributed by atoms with Crippen LogP contribution in [-0.2, 0) is 15.9 Å². The number of imidazole rings is 1. The first-order chi connectivity index (χ1) is 18.9. The predicted molar refractivity (Wildman–Crippen MR) is 141 cm³/mol. The van der Waals surface area contributed by atoms with Crippen LogP contribution in [0, 0.1) is 12.7 Å². The molecule has 0 aliphatic rings. The molecular weight excluding hydrogens is 553 g/mol. The number of nitrogens with zero attached hydrogens (tertiary/aromatic N) is 3. The second-order valence-corrected chi connectivity index (χ2v) is 9.27. The SMILES string of the molecule is Cc1nc(C(C)F)cn1-c1ccc(-c2cccc([S+]=O)c2)cc1N(N)/C(=C\N)c1ccc(OC(F)(F)F)c(F)c1. The van der Waals surface area contributed by atoms with E-state index in [1.54, 1.807) is 54.0 Å². The van der Waals surface area contributed by atoms with E-state index >= 15 is 0 Å². The zero-order valence-electron chi connectivity index (χ0n) is 21.1. The number of hydrazine groups is 1. The summed E-state index contributed by atoms with van der Waals surface area (Å²) < 4.78 is 83.1. The molecule has 4 rings (SSSR count). The highest BCUT2D eigenvalue weighted by Gasteiger charge is 2.32. The first-order valence-electron chi connectivity index (χ1n) is 11.7. The normalized spacial score (nSPS) is 12.8. The Hall–Kier alpha value is -4.36. The monoisotopic (exact) mass is 576 g/mol. The average Bonchev–Trinajstić information content (AvgIpc) is 3.31. The van der Waals surface area contributed by atoms with Crippen molar-refractivity contribution in [3.8, 4) is 22.6 Å². The van der Waals surface area contributed by atoms with Crippen LogP contribution < -0.4 is 21.3 Å². The fourth-order valence-corrected chi connectivity index (χ4v) is 4.38. The molecule has 13 heteroatoms. The summed E-state index contributed by atoms with van der Waals surface area (Å²) in [5.41, 5.74) is 8.25. The van der Waals surface area contributed by atoms with Crippen LogP contribution in [0.2, 0.25) is 0 Å². The number of aryl methyl sites for hydroxylation is 1. The molecule has 1 unspecified atom stereocenters. The molecule has 0 bridgehead atoms. The highest BCUT2D eigenvalue weighted by Crippen LogP contribution is 2.36. The summed E-state index contributed by atoms with van der Waals surface area (Å²) in [5, 5.41) is 1.13. The number of anilines is 1. The molecule has 0 saturated heterocycles. The molecular formula is C27H23F5N5O2S+. The lowest BCUT2D eigenvalue weighted by molar-refractivity contribution is -0.275. The Balaban J connectivity index is 1.85. The Bertz CT molecular complexity index is 1590. The van der Waals surface area contributed by atoms with Crippen molar-refractivity contribution in [1.29, 1.82) is 0 Å². The average molecular weight is 577 g/mol. The van der Waals surface area contributed by atoms with Crippen LogP contribution in [0.5, 0.6) is 5.75 Å². The third kappa shape index (κ3) is 6.10. The van der Waals surface area contributed by atoms with Gasteiger partial charge in [-0.25, -0.2) is 19.6 Å². The Morgan fingerprint density at radius 1 is 1.12 bits per heavy atom. The van der Waals surface area contributed by atoms with Gasteiger partial charge in [-0.05, 0) is 55.3 Å². The largest absolute Gasteiger partial charge is 0.573 e. The van der Waals surface area contributed by atoms with Gasteiger partial charge < -0.3 is 15.0 Å². The number of hydrogen-bond donors (Lipinski definition) is 2. The number of hydrogen-bond acceptors (Lipinski definition) is 6. The van der Waals surface area contributed by atoms with Gasteiger partial charge in [-0.2, -0.15) is 0 Å². The molecule has 1 aromatic heterocycles. The molecule has 0 fully saturated rings. The molecule has 4 aromatic rings. The lowest BCUT2D eigenvalue weighted by Crippen LogP contribution is -2.31. The van der Waals surface area contributed by atoms with E-state index in [4.69, 9.17) is 11.6 Å². The second-order valence-electron chi connectivity index (χ2n) is 8.63. The summed E-state index contributed by atoms with van der Waals surface area (Å²) in [7, 11) is 0. The highest BCUT2D eigenvalue weighted by molar-refractivity contribution is 7.65. The van der Waals surface area contributed by atoms with Crippen LogP contribution >= 0.6 is 0 Å². The summed E-state index contributed by atoms with van der Waals surface area (Å²) in [6.45, 7) is 3.02. The van der Waals surface area contributed by atoms with E-state index < -0.39 is 24.1 Å². The molecule has 0 spiro atoms. The molecule has 208 valence electrons. The zero-order valence-corrected chi connectivity index (χ0v) is 21.9. The van der Waals surface area contributed by atoms with E-state index in [9.17, 15) is 26.2 Å². The topological polar surface area (TPSA) is 99.4 Å². The van der Waals surface area contributed by atoms with Crippen molar-refractivity contribution in [3.05, 3.63) is 96.0 Å². The molecule has 0 aliphatic carbocycles. The van der Waals surface area contributed by atoms with Gasteiger partial charge in [0.15, 0.2) is 11.6 Å². The Morgan fingerprint density at radius 3 is 2.45 bits per heavy atom. The molecule has 4 N–H and O–H groups in total. The lowest BCUT2D eigenvalue weighted by Gasteiger charge is -2.26. The van der Waals surface area contributed by atoms with Crippen LogP contribution in [0.3, 0.4) is 0 Å². The maximum absolute atomic E-state index is 14.5. The number of nitrogens with two attached hydrogens (primary N) is 2. The predicted octanol–water partition coefficient (Wildman–Crippen LogP) is 6.34.